The van der Waals surface area contributed by atoms with Crippen molar-refractivity contribution < 1.29 is 24.2 Å². The van der Waals surface area contributed by atoms with Crippen molar-refractivity contribution in [3.8, 4) is 5.75 Å². The molecule has 1 fully saturated rings. The first-order valence-corrected chi connectivity index (χ1v) is 13.1. The molecule has 0 aliphatic heterocycles. The largest absolute Gasteiger partial charge is 0.507 e. The molecule has 2 unspecified atom stereocenters. The molecule has 34 heavy (non-hydrogen) atoms. The van der Waals surface area contributed by atoms with Crippen molar-refractivity contribution in [1.82, 2.24) is 15.5 Å². The van der Waals surface area contributed by atoms with E-state index in [9.17, 15) is 19.5 Å². The number of rotatable bonds is 10. The van der Waals surface area contributed by atoms with Crippen LogP contribution in [0.4, 0.5) is 4.79 Å². The van der Waals surface area contributed by atoms with Crippen molar-refractivity contribution in [3.63, 3.8) is 0 Å². The van der Waals surface area contributed by atoms with E-state index in [4.69, 9.17) is 4.74 Å². The summed E-state index contributed by atoms with van der Waals surface area (Å²) in [6.45, 7) is 10.7. The number of carbonyl (C=O) groups is 3. The zero-order chi connectivity index (χ0) is 25.6. The molecule has 0 bridgehead atoms. The molecule has 3 N–H and O–H groups in total. The molecule has 1 aliphatic rings. The Morgan fingerprint density at radius 1 is 1.21 bits per heavy atom. The average Bonchev–Trinajstić information content (AvgIpc) is 3.54. The van der Waals surface area contributed by atoms with E-state index in [0.29, 0.717) is 23.3 Å². The smallest absolute Gasteiger partial charge is 0.408 e. The summed E-state index contributed by atoms with van der Waals surface area (Å²) in [5.41, 5.74) is 0.286. The number of amides is 3. The van der Waals surface area contributed by atoms with Crippen LogP contribution in [0.3, 0.4) is 0 Å². The lowest BCUT2D eigenvalue weighted by atomic mass is 9.98. The maximum Gasteiger partial charge on any atom is 0.408 e. The lowest BCUT2D eigenvalue weighted by molar-refractivity contribution is -0.143. The van der Waals surface area contributed by atoms with E-state index in [1.807, 2.05) is 20.1 Å². The fourth-order valence-electron chi connectivity index (χ4n) is 3.68. The molecule has 190 valence electrons. The van der Waals surface area contributed by atoms with Gasteiger partial charge in [0.15, 0.2) is 0 Å². The zero-order valence-electron chi connectivity index (χ0n) is 21.3. The molecule has 8 nitrogen and oxygen atoms in total. The van der Waals surface area contributed by atoms with Gasteiger partial charge in [0.2, 0.25) is 11.8 Å². The molecule has 0 radical (unpaired) electrons. The Bertz CT molecular complexity index is 880. The Kier molecular flexibility index (Phi) is 9.67. The first-order valence-electron chi connectivity index (χ1n) is 11.7. The molecule has 2 atom stereocenters. The highest BCUT2D eigenvalue weighted by molar-refractivity contribution is 7.98. The molecule has 9 heteroatoms. The standard InChI is InChI=1S/C25H39N3O5S/c1-15(2)26-22(30)20(18-10-8-9-16(3)21(18)29)28(17-11-12-17)23(31)19(13-14-34-7)27-24(32)33-25(4,5)6/h8-10,15,17,19-20,29H,11-14H2,1-7H3,(H,26,30)(H,27,32). The van der Waals surface area contributed by atoms with Gasteiger partial charge in [0, 0.05) is 17.6 Å². The summed E-state index contributed by atoms with van der Waals surface area (Å²) in [6.07, 6.45) is 3.15. The molecule has 0 heterocycles. The second-order valence-corrected chi connectivity index (χ2v) is 11.0. The summed E-state index contributed by atoms with van der Waals surface area (Å²) in [6, 6.07) is 3.03. The van der Waals surface area contributed by atoms with Crippen molar-refractivity contribution in [2.24, 2.45) is 0 Å². The van der Waals surface area contributed by atoms with Gasteiger partial charge >= 0.3 is 6.09 Å². The number of phenolic OH excluding ortho intramolecular Hbond substituents is 1. The molecule has 0 spiro atoms. The van der Waals surface area contributed by atoms with Gasteiger partial charge < -0.3 is 25.4 Å². The third-order valence-electron chi connectivity index (χ3n) is 5.32. The number of ether oxygens (including phenoxy) is 1. The van der Waals surface area contributed by atoms with Crippen LogP contribution in [0.2, 0.25) is 0 Å². The topological polar surface area (TPSA) is 108 Å². The minimum atomic E-state index is -1.01. The van der Waals surface area contributed by atoms with Gasteiger partial charge in [-0.25, -0.2) is 4.79 Å². The summed E-state index contributed by atoms with van der Waals surface area (Å²) in [4.78, 5) is 41.4. The van der Waals surface area contributed by atoms with Gasteiger partial charge in [0.1, 0.15) is 23.4 Å². The molecule has 1 aromatic carbocycles. The molecule has 3 amide bonds. The van der Waals surface area contributed by atoms with E-state index in [1.165, 1.54) is 0 Å². The summed E-state index contributed by atoms with van der Waals surface area (Å²) in [5, 5.41) is 16.4. The Morgan fingerprint density at radius 3 is 2.38 bits per heavy atom. The van der Waals surface area contributed by atoms with E-state index in [0.717, 1.165) is 12.8 Å². The predicted octanol–water partition coefficient (Wildman–Crippen LogP) is 3.90. The SMILES string of the molecule is CSCCC(NC(=O)OC(C)(C)C)C(=O)N(C1CC1)C(C(=O)NC(C)C)c1cccc(C)c1O. The second-order valence-electron chi connectivity index (χ2n) is 10.0. The lowest BCUT2D eigenvalue weighted by Gasteiger charge is -2.35. The van der Waals surface area contributed by atoms with Crippen LogP contribution >= 0.6 is 11.8 Å². The second kappa shape index (κ2) is 11.8. The predicted molar refractivity (Wildman–Crippen MR) is 135 cm³/mol. The van der Waals surface area contributed by atoms with E-state index < -0.39 is 23.8 Å². The van der Waals surface area contributed by atoms with Crippen LogP contribution in [0, 0.1) is 6.92 Å². The number of phenols is 1. The van der Waals surface area contributed by atoms with E-state index >= 15 is 0 Å². The summed E-state index contributed by atoms with van der Waals surface area (Å²) in [7, 11) is 0. The lowest BCUT2D eigenvalue weighted by Crippen LogP contribution is -2.54. The van der Waals surface area contributed by atoms with E-state index in [-0.39, 0.29) is 29.6 Å². The maximum atomic E-state index is 13.9. The zero-order valence-corrected chi connectivity index (χ0v) is 22.1. The monoisotopic (exact) mass is 493 g/mol. The summed E-state index contributed by atoms with van der Waals surface area (Å²) >= 11 is 1.57. The highest BCUT2D eigenvalue weighted by atomic mass is 32.2. The van der Waals surface area contributed by atoms with Crippen molar-refractivity contribution in [3.05, 3.63) is 29.3 Å². The Labute approximate surface area is 207 Å². The number of aromatic hydroxyl groups is 1. The minimum Gasteiger partial charge on any atom is -0.507 e. The van der Waals surface area contributed by atoms with Crippen molar-refractivity contribution in [2.75, 3.05) is 12.0 Å². The number of hydrogen-bond donors (Lipinski definition) is 3. The molecule has 1 aromatic rings. The fourth-order valence-corrected chi connectivity index (χ4v) is 4.15. The number of aryl methyl sites for hydroxylation is 1. The third-order valence-corrected chi connectivity index (χ3v) is 5.96. The average molecular weight is 494 g/mol. The first kappa shape index (κ1) is 27.8. The van der Waals surface area contributed by atoms with Crippen LogP contribution in [0.1, 0.15) is 71.0 Å². The number of nitrogens with one attached hydrogen (secondary N) is 2. The highest BCUT2D eigenvalue weighted by Crippen LogP contribution is 2.39. The normalized spacial score (nSPS) is 15.4. The Hall–Kier alpha value is -2.42. The van der Waals surface area contributed by atoms with Gasteiger partial charge in [-0.1, -0.05) is 18.2 Å². The van der Waals surface area contributed by atoms with Crippen LogP contribution in [-0.2, 0) is 14.3 Å². The number of thioether (sulfide) groups is 1. The molecule has 1 saturated carbocycles. The number of benzene rings is 1. The number of carbonyl (C=O) groups excluding carboxylic acids is 3. The van der Waals surface area contributed by atoms with Crippen LogP contribution in [0.5, 0.6) is 5.75 Å². The first-order chi connectivity index (χ1) is 15.9. The van der Waals surface area contributed by atoms with E-state index in [2.05, 4.69) is 10.6 Å². The molecule has 2 rings (SSSR count). The fraction of sp³-hybridized carbons (Fsp3) is 0.640. The van der Waals surface area contributed by atoms with E-state index in [1.54, 1.807) is 62.6 Å². The maximum absolute atomic E-state index is 13.9. The molecular formula is C25H39N3O5S. The quantitative estimate of drug-likeness (QED) is 0.456. The Balaban J connectivity index is 2.47. The molecule has 0 saturated heterocycles. The van der Waals surface area contributed by atoms with Crippen molar-refractivity contribution in [2.45, 2.75) is 90.6 Å². The molecule has 1 aliphatic carbocycles. The van der Waals surface area contributed by atoms with Gasteiger partial charge in [-0.05, 0) is 78.4 Å². The minimum absolute atomic E-state index is 0.00868. The van der Waals surface area contributed by atoms with Gasteiger partial charge in [0.25, 0.3) is 0 Å². The van der Waals surface area contributed by atoms with Gasteiger partial charge in [-0.2, -0.15) is 11.8 Å². The molecule has 0 aromatic heterocycles. The Morgan fingerprint density at radius 2 is 1.85 bits per heavy atom. The van der Waals surface area contributed by atoms with Gasteiger partial charge in [-0.15, -0.1) is 0 Å². The van der Waals surface area contributed by atoms with Crippen LogP contribution in [-0.4, -0.2) is 63.6 Å². The number of para-hydroxylation sites is 1. The highest BCUT2D eigenvalue weighted by Gasteiger charge is 2.44. The molecular weight excluding hydrogens is 454 g/mol. The van der Waals surface area contributed by atoms with Crippen molar-refractivity contribution >= 4 is 29.7 Å². The van der Waals surface area contributed by atoms with Crippen LogP contribution in [0.15, 0.2) is 18.2 Å². The third kappa shape index (κ3) is 7.82. The number of hydrogen-bond acceptors (Lipinski definition) is 6. The van der Waals surface area contributed by atoms with Crippen LogP contribution in [0.25, 0.3) is 0 Å². The summed E-state index contributed by atoms with van der Waals surface area (Å²) < 4.78 is 5.39. The van der Waals surface area contributed by atoms with Crippen molar-refractivity contribution in [1.29, 1.82) is 0 Å². The summed E-state index contributed by atoms with van der Waals surface area (Å²) in [5.74, 6) is -0.0848. The van der Waals surface area contributed by atoms with Gasteiger partial charge in [0.05, 0.1) is 0 Å². The number of nitrogens with zero attached hydrogens (tertiary/aromatic N) is 1. The van der Waals surface area contributed by atoms with Crippen LogP contribution < -0.4 is 10.6 Å². The van der Waals surface area contributed by atoms with Gasteiger partial charge in [-0.3, -0.25) is 9.59 Å². The number of alkyl carbamates (subject to hydrolysis) is 1.